The second-order valence-electron chi connectivity index (χ2n) is 5.89. The molecule has 0 spiro atoms. The molecule has 0 radical (unpaired) electrons. The molecular weight excluding hydrogens is 260 g/mol. The van der Waals surface area contributed by atoms with Crippen LogP contribution in [0.5, 0.6) is 0 Å². The number of carboxylic acid groups (broad SMARTS) is 1. The Morgan fingerprint density at radius 3 is 2.58 bits per heavy atom. The zero-order chi connectivity index (χ0) is 14.6. The van der Waals surface area contributed by atoms with E-state index in [1.807, 2.05) is 6.92 Å². The van der Waals surface area contributed by atoms with Crippen LogP contribution in [0.25, 0.3) is 0 Å². The highest BCUT2D eigenvalue weighted by molar-refractivity contribution is 7.09. The molecule has 5 heteroatoms. The van der Waals surface area contributed by atoms with Crippen LogP contribution in [-0.2, 0) is 16.8 Å². The van der Waals surface area contributed by atoms with E-state index in [4.69, 9.17) is 5.11 Å². The van der Waals surface area contributed by atoms with Crippen LogP contribution in [0.3, 0.4) is 0 Å². The number of rotatable bonds is 6. The fraction of sp³-hybridized carbons (Fsp3) is 0.714. The van der Waals surface area contributed by atoms with Crippen LogP contribution in [0.4, 0.5) is 0 Å². The average Bonchev–Trinajstić information content (AvgIpc) is 2.72. The van der Waals surface area contributed by atoms with Crippen molar-refractivity contribution in [2.24, 2.45) is 0 Å². The minimum atomic E-state index is -0.750. The number of nitrogens with zero attached hydrogens (tertiary/aromatic N) is 2. The molecule has 1 N–H and O–H groups in total. The summed E-state index contributed by atoms with van der Waals surface area (Å²) >= 11 is 1.66. The van der Waals surface area contributed by atoms with E-state index >= 15 is 0 Å². The first kappa shape index (κ1) is 16.1. The highest BCUT2D eigenvalue weighted by atomic mass is 32.1. The smallest absolute Gasteiger partial charge is 0.304 e. The Hall–Kier alpha value is -0.940. The molecule has 0 saturated carbocycles. The maximum absolute atomic E-state index is 10.8. The number of aliphatic carboxylic acids is 1. The first-order valence-corrected chi connectivity index (χ1v) is 7.52. The zero-order valence-corrected chi connectivity index (χ0v) is 13.3. The predicted octanol–water partition coefficient (Wildman–Crippen LogP) is 3.13. The summed E-state index contributed by atoms with van der Waals surface area (Å²) in [5, 5.41) is 12.0. The van der Waals surface area contributed by atoms with Crippen molar-refractivity contribution in [3.63, 3.8) is 0 Å². The Balaban J connectivity index is 2.71. The molecule has 0 amide bonds. The normalized spacial score (nSPS) is 13.8. The van der Waals surface area contributed by atoms with Crippen molar-refractivity contribution in [2.45, 2.75) is 59.0 Å². The van der Waals surface area contributed by atoms with E-state index in [0.717, 1.165) is 23.8 Å². The molecule has 108 valence electrons. The Bertz CT molecular complexity index is 423. The summed E-state index contributed by atoms with van der Waals surface area (Å²) in [6.45, 7) is 12.0. The SMILES string of the molecule is CCN(Cc1nc(C(C)(C)C)cs1)C(C)CC(=O)O. The highest BCUT2D eigenvalue weighted by Gasteiger charge is 2.20. The average molecular weight is 284 g/mol. The van der Waals surface area contributed by atoms with Gasteiger partial charge in [-0.3, -0.25) is 9.69 Å². The van der Waals surface area contributed by atoms with Crippen molar-refractivity contribution in [2.75, 3.05) is 6.54 Å². The summed E-state index contributed by atoms with van der Waals surface area (Å²) in [7, 11) is 0. The van der Waals surface area contributed by atoms with Crippen LogP contribution in [-0.4, -0.2) is 33.5 Å². The van der Waals surface area contributed by atoms with Gasteiger partial charge in [-0.05, 0) is 13.5 Å². The highest BCUT2D eigenvalue weighted by Crippen LogP contribution is 2.24. The van der Waals surface area contributed by atoms with E-state index in [1.54, 1.807) is 11.3 Å². The standard InChI is InChI=1S/C14H24N2O2S/c1-6-16(10(2)7-13(17)18)8-12-15-11(9-19-12)14(3,4)5/h9-10H,6-8H2,1-5H3,(H,17,18). The Labute approximate surface area is 119 Å². The van der Waals surface area contributed by atoms with Gasteiger partial charge in [-0.1, -0.05) is 27.7 Å². The maximum Gasteiger partial charge on any atom is 0.304 e. The molecule has 0 fully saturated rings. The van der Waals surface area contributed by atoms with Gasteiger partial charge < -0.3 is 5.11 Å². The maximum atomic E-state index is 10.8. The van der Waals surface area contributed by atoms with Gasteiger partial charge in [-0.15, -0.1) is 11.3 Å². The fourth-order valence-corrected chi connectivity index (χ4v) is 2.91. The Kier molecular flexibility index (Phi) is 5.50. The van der Waals surface area contributed by atoms with E-state index in [9.17, 15) is 4.79 Å². The van der Waals surface area contributed by atoms with E-state index in [0.29, 0.717) is 0 Å². The van der Waals surface area contributed by atoms with Crippen LogP contribution in [0.15, 0.2) is 5.38 Å². The lowest BCUT2D eigenvalue weighted by Crippen LogP contribution is -2.34. The molecule has 1 aromatic heterocycles. The molecule has 1 atom stereocenters. The number of hydrogen-bond acceptors (Lipinski definition) is 4. The monoisotopic (exact) mass is 284 g/mol. The minimum Gasteiger partial charge on any atom is -0.481 e. The zero-order valence-electron chi connectivity index (χ0n) is 12.4. The third kappa shape index (κ3) is 4.91. The number of carboxylic acids is 1. The van der Waals surface area contributed by atoms with Crippen molar-refractivity contribution in [1.82, 2.24) is 9.88 Å². The molecule has 1 rings (SSSR count). The summed E-state index contributed by atoms with van der Waals surface area (Å²) in [6, 6.07) is 0.0319. The number of aromatic nitrogens is 1. The van der Waals surface area contributed by atoms with Gasteiger partial charge in [0.15, 0.2) is 0 Å². The van der Waals surface area contributed by atoms with Gasteiger partial charge in [0.1, 0.15) is 5.01 Å². The van der Waals surface area contributed by atoms with Gasteiger partial charge in [0.05, 0.1) is 18.7 Å². The molecule has 1 unspecified atom stereocenters. The third-order valence-corrected chi connectivity index (χ3v) is 3.99. The van der Waals surface area contributed by atoms with Crippen molar-refractivity contribution < 1.29 is 9.90 Å². The molecule has 1 aromatic rings. The van der Waals surface area contributed by atoms with Crippen LogP contribution in [0, 0.1) is 0 Å². The van der Waals surface area contributed by atoms with Gasteiger partial charge in [0.2, 0.25) is 0 Å². The van der Waals surface area contributed by atoms with Crippen LogP contribution < -0.4 is 0 Å². The molecule has 0 saturated heterocycles. The summed E-state index contributed by atoms with van der Waals surface area (Å²) < 4.78 is 0. The van der Waals surface area contributed by atoms with Gasteiger partial charge in [0, 0.05) is 16.8 Å². The molecule has 1 heterocycles. The molecule has 4 nitrogen and oxygen atoms in total. The summed E-state index contributed by atoms with van der Waals surface area (Å²) in [5.74, 6) is -0.750. The second kappa shape index (κ2) is 6.48. The first-order valence-electron chi connectivity index (χ1n) is 6.64. The Morgan fingerprint density at radius 2 is 2.16 bits per heavy atom. The van der Waals surface area contributed by atoms with E-state index in [1.165, 1.54) is 0 Å². The topological polar surface area (TPSA) is 53.4 Å². The molecule has 0 aliphatic rings. The molecule has 0 aliphatic carbocycles. The van der Waals surface area contributed by atoms with Gasteiger partial charge >= 0.3 is 5.97 Å². The number of carbonyl (C=O) groups is 1. The van der Waals surface area contributed by atoms with E-state index < -0.39 is 5.97 Å². The predicted molar refractivity (Wildman–Crippen MR) is 78.6 cm³/mol. The lowest BCUT2D eigenvalue weighted by molar-refractivity contribution is -0.138. The van der Waals surface area contributed by atoms with Crippen molar-refractivity contribution >= 4 is 17.3 Å². The Morgan fingerprint density at radius 1 is 1.53 bits per heavy atom. The number of thiazole rings is 1. The van der Waals surface area contributed by atoms with Crippen molar-refractivity contribution in [1.29, 1.82) is 0 Å². The molecule has 0 aromatic carbocycles. The molecule has 19 heavy (non-hydrogen) atoms. The van der Waals surface area contributed by atoms with Crippen molar-refractivity contribution in [3.05, 3.63) is 16.1 Å². The van der Waals surface area contributed by atoms with E-state index in [2.05, 4.69) is 43.0 Å². The molecular formula is C14H24N2O2S. The summed E-state index contributed by atoms with van der Waals surface area (Å²) in [4.78, 5) is 17.6. The first-order chi connectivity index (χ1) is 8.74. The van der Waals surface area contributed by atoms with Crippen LogP contribution >= 0.6 is 11.3 Å². The lowest BCUT2D eigenvalue weighted by atomic mass is 9.93. The minimum absolute atomic E-state index is 0.0319. The number of hydrogen-bond donors (Lipinski definition) is 1. The van der Waals surface area contributed by atoms with E-state index in [-0.39, 0.29) is 17.9 Å². The summed E-state index contributed by atoms with van der Waals surface area (Å²) in [6.07, 6.45) is 0.172. The third-order valence-electron chi connectivity index (χ3n) is 3.16. The largest absolute Gasteiger partial charge is 0.481 e. The van der Waals surface area contributed by atoms with Crippen molar-refractivity contribution in [3.8, 4) is 0 Å². The summed E-state index contributed by atoms with van der Waals surface area (Å²) in [5.41, 5.74) is 1.17. The van der Waals surface area contributed by atoms with Crippen LogP contribution in [0.1, 0.15) is 51.7 Å². The van der Waals surface area contributed by atoms with Gasteiger partial charge in [-0.2, -0.15) is 0 Å². The quantitative estimate of drug-likeness (QED) is 0.872. The van der Waals surface area contributed by atoms with Gasteiger partial charge in [-0.25, -0.2) is 4.98 Å². The van der Waals surface area contributed by atoms with Crippen LogP contribution in [0.2, 0.25) is 0 Å². The molecule has 0 bridgehead atoms. The molecule has 0 aliphatic heterocycles. The van der Waals surface area contributed by atoms with Gasteiger partial charge in [0.25, 0.3) is 0 Å². The fourth-order valence-electron chi connectivity index (χ4n) is 1.86. The second-order valence-corrected chi connectivity index (χ2v) is 6.83. The lowest BCUT2D eigenvalue weighted by Gasteiger charge is -2.25.